The van der Waals surface area contributed by atoms with E-state index in [-0.39, 0.29) is 0 Å². The fourth-order valence-electron chi connectivity index (χ4n) is 1.63. The molecule has 0 bridgehead atoms. The molecule has 0 saturated carbocycles. The van der Waals surface area contributed by atoms with Gasteiger partial charge in [0.15, 0.2) is 6.73 Å². The molecule has 0 rings (SSSR count). The Morgan fingerprint density at radius 1 is 1.00 bits per heavy atom. The van der Waals surface area contributed by atoms with Gasteiger partial charge in [0, 0.05) is 6.61 Å². The van der Waals surface area contributed by atoms with E-state index in [2.05, 4.69) is 27.8 Å². The lowest BCUT2D eigenvalue weighted by Crippen LogP contribution is -2.47. The lowest BCUT2D eigenvalue weighted by molar-refractivity contribution is -0.928. The quantitative estimate of drug-likeness (QED) is 0.420. The minimum atomic E-state index is 0.837. The van der Waals surface area contributed by atoms with Gasteiger partial charge in [-0.3, -0.25) is 0 Å². The first kappa shape index (κ1) is 12.9. The van der Waals surface area contributed by atoms with E-state index in [0.29, 0.717) is 0 Å². The fourth-order valence-corrected chi connectivity index (χ4v) is 1.63. The Morgan fingerprint density at radius 2 is 1.69 bits per heavy atom. The van der Waals surface area contributed by atoms with Crippen LogP contribution < -0.4 is 0 Å². The minimum absolute atomic E-state index is 0.837. The smallest absolute Gasteiger partial charge is 0.182 e. The first-order valence-electron chi connectivity index (χ1n) is 5.59. The Hall–Kier alpha value is -0.0800. The van der Waals surface area contributed by atoms with Gasteiger partial charge in [0.1, 0.15) is 0 Å². The van der Waals surface area contributed by atoms with Gasteiger partial charge >= 0.3 is 0 Å². The van der Waals surface area contributed by atoms with Crippen LogP contribution in [0.15, 0.2) is 0 Å². The van der Waals surface area contributed by atoms with Crippen LogP contribution in [-0.4, -0.2) is 38.0 Å². The number of ether oxygens (including phenoxy) is 1. The molecular formula is C11H26NO+. The largest absolute Gasteiger partial charge is 0.332 e. The van der Waals surface area contributed by atoms with Crippen LogP contribution in [0.1, 0.15) is 40.0 Å². The highest BCUT2D eigenvalue weighted by atomic mass is 16.5. The highest BCUT2D eigenvalue weighted by Crippen LogP contribution is 2.07. The van der Waals surface area contributed by atoms with Gasteiger partial charge in [-0.2, -0.15) is 0 Å². The summed E-state index contributed by atoms with van der Waals surface area (Å²) in [5.74, 6) is 0. The molecule has 1 unspecified atom stereocenters. The summed E-state index contributed by atoms with van der Waals surface area (Å²) in [6, 6.07) is 0. The van der Waals surface area contributed by atoms with E-state index in [0.717, 1.165) is 17.8 Å². The number of rotatable bonds is 8. The second-order valence-corrected chi connectivity index (χ2v) is 4.04. The summed E-state index contributed by atoms with van der Waals surface area (Å²) < 4.78 is 6.60. The van der Waals surface area contributed by atoms with Gasteiger partial charge < -0.3 is 9.22 Å². The maximum atomic E-state index is 5.52. The van der Waals surface area contributed by atoms with Crippen molar-refractivity contribution in [2.45, 2.75) is 40.0 Å². The van der Waals surface area contributed by atoms with Crippen molar-refractivity contribution in [2.24, 2.45) is 0 Å². The van der Waals surface area contributed by atoms with E-state index in [4.69, 9.17) is 4.74 Å². The standard InChI is InChI=1S/C11H26NO/c1-5-8-10-12(4,9-6-2)11-13-7-3/h5-11H2,1-4H3/q+1. The first-order valence-corrected chi connectivity index (χ1v) is 5.59. The third kappa shape index (κ3) is 6.05. The van der Waals surface area contributed by atoms with Crippen molar-refractivity contribution >= 4 is 0 Å². The van der Waals surface area contributed by atoms with Crippen LogP contribution in [0.2, 0.25) is 0 Å². The van der Waals surface area contributed by atoms with Crippen molar-refractivity contribution in [1.82, 2.24) is 0 Å². The van der Waals surface area contributed by atoms with E-state index in [1.54, 1.807) is 0 Å². The van der Waals surface area contributed by atoms with E-state index in [1.165, 1.54) is 32.4 Å². The van der Waals surface area contributed by atoms with Crippen molar-refractivity contribution in [2.75, 3.05) is 33.5 Å². The molecule has 0 fully saturated rings. The second-order valence-electron chi connectivity index (χ2n) is 4.04. The van der Waals surface area contributed by atoms with Crippen molar-refractivity contribution in [3.8, 4) is 0 Å². The second kappa shape index (κ2) is 7.34. The number of quaternary nitrogens is 1. The van der Waals surface area contributed by atoms with Crippen LogP contribution in [0.4, 0.5) is 0 Å². The molecule has 0 aromatic heterocycles. The molecule has 0 aliphatic rings. The normalized spacial score (nSPS) is 15.7. The van der Waals surface area contributed by atoms with Crippen molar-refractivity contribution in [3.05, 3.63) is 0 Å². The van der Waals surface area contributed by atoms with E-state index < -0.39 is 0 Å². The minimum Gasteiger partial charge on any atom is -0.332 e. The van der Waals surface area contributed by atoms with Crippen molar-refractivity contribution < 1.29 is 9.22 Å². The Balaban J connectivity index is 3.84. The van der Waals surface area contributed by atoms with Crippen LogP contribution in [-0.2, 0) is 4.74 Å². The average Bonchev–Trinajstić information content (AvgIpc) is 2.12. The fraction of sp³-hybridized carbons (Fsp3) is 1.00. The van der Waals surface area contributed by atoms with Gasteiger partial charge in [0.25, 0.3) is 0 Å². The molecule has 13 heavy (non-hydrogen) atoms. The van der Waals surface area contributed by atoms with E-state index in [1.807, 2.05) is 0 Å². The molecule has 1 atom stereocenters. The summed E-state index contributed by atoms with van der Waals surface area (Å²) in [7, 11) is 2.30. The number of hydrogen-bond acceptors (Lipinski definition) is 1. The van der Waals surface area contributed by atoms with Crippen LogP contribution in [0, 0.1) is 0 Å². The molecule has 2 heteroatoms. The van der Waals surface area contributed by atoms with E-state index in [9.17, 15) is 0 Å². The Morgan fingerprint density at radius 3 is 2.15 bits per heavy atom. The molecule has 0 radical (unpaired) electrons. The summed E-state index contributed by atoms with van der Waals surface area (Å²) in [5, 5.41) is 0. The predicted molar refractivity (Wildman–Crippen MR) is 57.6 cm³/mol. The highest BCUT2D eigenvalue weighted by molar-refractivity contribution is 4.37. The highest BCUT2D eigenvalue weighted by Gasteiger charge is 2.19. The van der Waals surface area contributed by atoms with Gasteiger partial charge in [-0.05, 0) is 19.8 Å². The number of unbranched alkanes of at least 4 members (excludes halogenated alkanes) is 1. The van der Waals surface area contributed by atoms with Crippen LogP contribution >= 0.6 is 0 Å². The lowest BCUT2D eigenvalue weighted by atomic mass is 10.2. The molecule has 0 aromatic carbocycles. The van der Waals surface area contributed by atoms with Gasteiger partial charge in [0.05, 0.1) is 20.1 Å². The molecule has 0 heterocycles. The molecule has 0 aliphatic carbocycles. The van der Waals surface area contributed by atoms with Crippen molar-refractivity contribution in [3.63, 3.8) is 0 Å². The van der Waals surface area contributed by atoms with Crippen LogP contribution in [0.25, 0.3) is 0 Å². The summed E-state index contributed by atoms with van der Waals surface area (Å²) in [6.45, 7) is 10.8. The SMILES string of the molecule is CCCC[N+](C)(CCC)COCC. The van der Waals surface area contributed by atoms with Crippen molar-refractivity contribution in [1.29, 1.82) is 0 Å². The summed E-state index contributed by atoms with van der Waals surface area (Å²) >= 11 is 0. The topological polar surface area (TPSA) is 9.23 Å². The Kier molecular flexibility index (Phi) is 7.29. The van der Waals surface area contributed by atoms with Gasteiger partial charge in [0.2, 0.25) is 0 Å². The molecule has 0 aromatic rings. The van der Waals surface area contributed by atoms with Crippen LogP contribution in [0.5, 0.6) is 0 Å². The molecule has 0 aliphatic heterocycles. The molecule has 0 N–H and O–H groups in total. The zero-order valence-electron chi connectivity index (χ0n) is 9.81. The lowest BCUT2D eigenvalue weighted by Gasteiger charge is -2.33. The summed E-state index contributed by atoms with van der Waals surface area (Å²) in [5.41, 5.74) is 0. The first-order chi connectivity index (χ1) is 6.18. The average molecular weight is 188 g/mol. The van der Waals surface area contributed by atoms with Gasteiger partial charge in [-0.15, -0.1) is 0 Å². The number of hydrogen-bond donors (Lipinski definition) is 0. The zero-order chi connectivity index (χ0) is 10.2. The molecule has 80 valence electrons. The number of nitrogens with zero attached hydrogens (tertiary/aromatic N) is 1. The molecule has 0 amide bonds. The summed E-state index contributed by atoms with van der Waals surface area (Å²) in [4.78, 5) is 0. The molecular weight excluding hydrogens is 162 g/mol. The molecule has 0 spiro atoms. The zero-order valence-corrected chi connectivity index (χ0v) is 9.81. The third-order valence-electron chi connectivity index (χ3n) is 2.42. The van der Waals surface area contributed by atoms with Gasteiger partial charge in [-0.1, -0.05) is 20.3 Å². The maximum Gasteiger partial charge on any atom is 0.182 e. The molecule has 0 saturated heterocycles. The predicted octanol–water partition coefficient (Wildman–Crippen LogP) is 2.64. The third-order valence-corrected chi connectivity index (χ3v) is 2.42. The molecule has 2 nitrogen and oxygen atoms in total. The Labute approximate surface area is 83.5 Å². The van der Waals surface area contributed by atoms with Gasteiger partial charge in [-0.25, -0.2) is 0 Å². The van der Waals surface area contributed by atoms with E-state index >= 15 is 0 Å². The monoisotopic (exact) mass is 188 g/mol. The maximum absolute atomic E-state index is 5.52. The van der Waals surface area contributed by atoms with Crippen LogP contribution in [0.3, 0.4) is 0 Å². The Bertz CT molecular complexity index is 107. The summed E-state index contributed by atoms with van der Waals surface area (Å²) in [6.07, 6.45) is 3.83.